The molecule has 0 aliphatic heterocycles. The Kier molecular flexibility index (Phi) is 4.14. The first-order valence-electron chi connectivity index (χ1n) is 2.75. The minimum Gasteiger partial charge on any atom is -0.289 e. The molecule has 0 bridgehead atoms. The molecule has 5 heteroatoms. The summed E-state index contributed by atoms with van der Waals surface area (Å²) in [4.78, 5) is 15.1. The number of nitrogens with one attached hydrogen (secondary N) is 1. The van der Waals surface area contributed by atoms with E-state index in [1.165, 1.54) is 13.1 Å². The van der Waals surface area contributed by atoms with E-state index in [4.69, 9.17) is 17.0 Å². The number of carbonyl (C=O) groups is 1. The van der Waals surface area contributed by atoms with Crippen molar-refractivity contribution in [1.82, 2.24) is 4.90 Å². The molecule has 0 radical (unpaired) electrons. The van der Waals surface area contributed by atoms with E-state index in [9.17, 15) is 4.79 Å². The zero-order valence-electron chi connectivity index (χ0n) is 6.04. The molecule has 0 atom stereocenters. The zero-order valence-corrected chi connectivity index (χ0v) is 6.80. The fourth-order valence-corrected chi connectivity index (χ4v) is 0.519. The molecule has 4 nitrogen and oxygen atoms in total. The van der Waals surface area contributed by atoms with E-state index in [1.54, 1.807) is 0 Å². The topological polar surface area (TPSA) is 56.5 Å². The molecule has 0 aromatic carbocycles. The molecule has 0 fully saturated rings. The van der Waals surface area contributed by atoms with Crippen LogP contribution in [0, 0.1) is 5.41 Å². The van der Waals surface area contributed by atoms with Crippen LogP contribution in [0.1, 0.15) is 0 Å². The first-order valence-corrected chi connectivity index (χ1v) is 3.13. The van der Waals surface area contributed by atoms with Crippen molar-refractivity contribution in [2.75, 3.05) is 7.05 Å². The summed E-state index contributed by atoms with van der Waals surface area (Å²) in [7, 11) is 1.44. The van der Waals surface area contributed by atoms with Gasteiger partial charge in [0, 0.05) is 7.05 Å². The van der Waals surface area contributed by atoms with Gasteiger partial charge in [0.2, 0.25) is 0 Å². The molecule has 0 spiro atoms. The third-order valence-electron chi connectivity index (χ3n) is 0.987. The molecule has 0 aliphatic carbocycles. The predicted molar refractivity (Wildman–Crippen MR) is 45.4 cm³/mol. The van der Waals surface area contributed by atoms with Crippen LogP contribution in [-0.4, -0.2) is 29.5 Å². The van der Waals surface area contributed by atoms with Gasteiger partial charge < -0.3 is 0 Å². The molecule has 11 heavy (non-hydrogen) atoms. The van der Waals surface area contributed by atoms with E-state index in [2.05, 4.69) is 11.6 Å². The van der Waals surface area contributed by atoms with E-state index in [-0.39, 0.29) is 5.84 Å². The highest BCUT2D eigenvalue weighted by Gasteiger charge is 2.07. The van der Waals surface area contributed by atoms with Crippen molar-refractivity contribution in [3.8, 4) is 0 Å². The molecular formula is C6H8ClN3O. The van der Waals surface area contributed by atoms with Gasteiger partial charge in [-0.15, -0.1) is 0 Å². The Balaban J connectivity index is 4.50. The molecule has 0 aromatic rings. The van der Waals surface area contributed by atoms with Crippen LogP contribution in [0.4, 0.5) is 4.79 Å². The van der Waals surface area contributed by atoms with Crippen LogP contribution in [0.15, 0.2) is 17.6 Å². The maximum atomic E-state index is 10.5. The molecule has 1 amide bonds. The summed E-state index contributed by atoms with van der Waals surface area (Å²) in [6, 6.07) is 0. The monoisotopic (exact) mass is 173 g/mol. The van der Waals surface area contributed by atoms with Crippen LogP contribution >= 0.6 is 11.6 Å². The minimum absolute atomic E-state index is 0.250. The van der Waals surface area contributed by atoms with Crippen molar-refractivity contribution in [2.45, 2.75) is 0 Å². The second kappa shape index (κ2) is 4.62. The Labute approximate surface area is 69.7 Å². The summed E-state index contributed by atoms with van der Waals surface area (Å²) in [6.45, 7) is 3.40. The summed E-state index contributed by atoms with van der Waals surface area (Å²) in [6.07, 6.45) is 2.15. The lowest BCUT2D eigenvalue weighted by Gasteiger charge is -2.10. The molecule has 0 unspecified atom stereocenters. The van der Waals surface area contributed by atoms with E-state index in [0.717, 1.165) is 11.2 Å². The molecular weight excluding hydrogens is 166 g/mol. The SMILES string of the molecule is C=CC(=NC=N)N(C)C(=O)Cl. The summed E-state index contributed by atoms with van der Waals surface area (Å²) in [5.74, 6) is 0.250. The lowest BCUT2D eigenvalue weighted by Crippen LogP contribution is -2.27. The molecule has 0 aromatic heterocycles. The molecule has 0 rings (SSSR count). The maximum Gasteiger partial charge on any atom is 0.321 e. The quantitative estimate of drug-likeness (QED) is 0.292. The van der Waals surface area contributed by atoms with Gasteiger partial charge in [-0.3, -0.25) is 15.1 Å². The van der Waals surface area contributed by atoms with Gasteiger partial charge in [-0.25, -0.2) is 4.99 Å². The lowest BCUT2D eigenvalue weighted by molar-refractivity contribution is 0.248. The van der Waals surface area contributed by atoms with Crippen molar-refractivity contribution >= 4 is 29.1 Å². The fraction of sp³-hybridized carbons (Fsp3) is 0.167. The largest absolute Gasteiger partial charge is 0.321 e. The maximum absolute atomic E-state index is 10.5. The van der Waals surface area contributed by atoms with E-state index in [1.807, 2.05) is 0 Å². The number of amides is 1. The van der Waals surface area contributed by atoms with Crippen molar-refractivity contribution < 1.29 is 4.79 Å². The van der Waals surface area contributed by atoms with Gasteiger partial charge in [0.15, 0.2) is 0 Å². The smallest absolute Gasteiger partial charge is 0.289 e. The number of halogens is 1. The Bertz CT molecular complexity index is 212. The summed E-state index contributed by atoms with van der Waals surface area (Å²) < 4.78 is 0. The van der Waals surface area contributed by atoms with Crippen molar-refractivity contribution in [3.05, 3.63) is 12.7 Å². The number of amidine groups is 1. The number of hydrogen-bond acceptors (Lipinski definition) is 2. The van der Waals surface area contributed by atoms with Crippen LogP contribution in [0.2, 0.25) is 0 Å². The number of rotatable bonds is 2. The average Bonchev–Trinajstić information content (AvgIpc) is 1.98. The third kappa shape index (κ3) is 2.95. The Morgan fingerprint density at radius 3 is 2.64 bits per heavy atom. The number of carbonyl (C=O) groups excluding carboxylic acids is 1. The van der Waals surface area contributed by atoms with Gasteiger partial charge in [-0.2, -0.15) is 0 Å². The molecule has 0 saturated carbocycles. The minimum atomic E-state index is -0.662. The predicted octanol–water partition coefficient (Wildman–Crippen LogP) is 1.47. The highest BCUT2D eigenvalue weighted by molar-refractivity contribution is 6.64. The Morgan fingerprint density at radius 1 is 1.82 bits per heavy atom. The van der Waals surface area contributed by atoms with Crippen molar-refractivity contribution in [2.24, 2.45) is 4.99 Å². The van der Waals surface area contributed by atoms with Gasteiger partial charge in [-0.05, 0) is 17.7 Å². The molecule has 0 saturated heterocycles. The average molecular weight is 174 g/mol. The number of aliphatic imine (C=N–C) groups is 1. The van der Waals surface area contributed by atoms with Crippen molar-refractivity contribution in [3.63, 3.8) is 0 Å². The van der Waals surface area contributed by atoms with Crippen molar-refractivity contribution in [1.29, 1.82) is 5.41 Å². The first-order chi connectivity index (χ1) is 5.13. The molecule has 1 N–H and O–H groups in total. The molecule has 0 aliphatic rings. The van der Waals surface area contributed by atoms with Gasteiger partial charge >= 0.3 is 5.37 Å². The molecule has 60 valence electrons. The van der Waals surface area contributed by atoms with Crippen LogP contribution in [0.25, 0.3) is 0 Å². The third-order valence-corrected chi connectivity index (χ3v) is 1.24. The number of likely N-dealkylation sites (N-methyl/N-ethyl adjacent to an activating group) is 1. The standard InChI is InChI=1S/C6H8ClN3O/c1-3-5(9-4-8)10(2)6(7)11/h3-4,8H,1H2,2H3. The first kappa shape index (κ1) is 9.84. The Morgan fingerprint density at radius 2 is 2.36 bits per heavy atom. The van der Waals surface area contributed by atoms with Gasteiger partial charge in [0.25, 0.3) is 0 Å². The fourth-order valence-electron chi connectivity index (χ4n) is 0.432. The highest BCUT2D eigenvalue weighted by atomic mass is 35.5. The van der Waals surface area contributed by atoms with Crippen LogP contribution in [-0.2, 0) is 0 Å². The van der Waals surface area contributed by atoms with Gasteiger partial charge in [0.05, 0.1) is 0 Å². The second-order valence-electron chi connectivity index (χ2n) is 1.63. The number of hydrogen-bond donors (Lipinski definition) is 1. The molecule has 0 heterocycles. The van der Waals surface area contributed by atoms with E-state index >= 15 is 0 Å². The normalized spacial score (nSPS) is 10.5. The summed E-state index contributed by atoms with van der Waals surface area (Å²) in [5, 5.41) is 5.97. The van der Waals surface area contributed by atoms with Crippen LogP contribution in [0.3, 0.4) is 0 Å². The van der Waals surface area contributed by atoms with Crippen LogP contribution < -0.4 is 0 Å². The van der Waals surface area contributed by atoms with Crippen LogP contribution in [0.5, 0.6) is 0 Å². The Hall–Kier alpha value is -1.16. The summed E-state index contributed by atoms with van der Waals surface area (Å²) >= 11 is 5.12. The number of nitrogens with zero attached hydrogens (tertiary/aromatic N) is 2. The zero-order chi connectivity index (χ0) is 8.85. The van der Waals surface area contributed by atoms with E-state index in [0.29, 0.717) is 0 Å². The van der Waals surface area contributed by atoms with E-state index < -0.39 is 5.37 Å². The lowest BCUT2D eigenvalue weighted by atomic mass is 10.5. The van der Waals surface area contributed by atoms with Gasteiger partial charge in [0.1, 0.15) is 12.2 Å². The second-order valence-corrected chi connectivity index (χ2v) is 1.96. The summed E-state index contributed by atoms with van der Waals surface area (Å²) in [5.41, 5.74) is 0. The highest BCUT2D eigenvalue weighted by Crippen LogP contribution is 1.95. The van der Waals surface area contributed by atoms with Gasteiger partial charge in [-0.1, -0.05) is 6.58 Å².